The van der Waals surface area contributed by atoms with Crippen LogP contribution in [0, 0.1) is 5.92 Å². The predicted octanol–water partition coefficient (Wildman–Crippen LogP) is 4.07. The zero-order valence-electron chi connectivity index (χ0n) is 16.1. The van der Waals surface area contributed by atoms with Crippen LogP contribution in [0.4, 0.5) is 16.2 Å². The minimum atomic E-state index is -1.19. The number of hydrogen-bond acceptors (Lipinski definition) is 4. The van der Waals surface area contributed by atoms with Crippen molar-refractivity contribution in [1.82, 2.24) is 0 Å². The van der Waals surface area contributed by atoms with Gasteiger partial charge in [0.05, 0.1) is 17.9 Å². The van der Waals surface area contributed by atoms with Crippen LogP contribution >= 0.6 is 0 Å². The molecule has 4 amide bonds. The molecule has 0 aliphatic carbocycles. The Morgan fingerprint density at radius 3 is 1.57 bits per heavy atom. The van der Waals surface area contributed by atoms with Crippen molar-refractivity contribution >= 4 is 35.4 Å². The quantitative estimate of drug-likeness (QED) is 0.481. The maximum atomic E-state index is 13.2. The Balaban J connectivity index is 1.70. The zero-order chi connectivity index (χ0) is 20.9. The molecule has 1 aliphatic rings. The molecule has 4 rings (SSSR count). The van der Waals surface area contributed by atoms with E-state index >= 15 is 0 Å². The van der Waals surface area contributed by atoms with Gasteiger partial charge in [-0.15, -0.1) is 0 Å². The fourth-order valence-electron chi connectivity index (χ4n) is 3.28. The molecule has 30 heavy (non-hydrogen) atoms. The lowest BCUT2D eigenvalue weighted by molar-refractivity contribution is -0.129. The van der Waals surface area contributed by atoms with Crippen molar-refractivity contribution < 1.29 is 14.4 Å². The monoisotopic (exact) mass is 397 g/mol. The first-order valence-electron chi connectivity index (χ1n) is 9.52. The number of urea groups is 1. The summed E-state index contributed by atoms with van der Waals surface area (Å²) in [5.74, 6) is -2.41. The van der Waals surface area contributed by atoms with Crippen molar-refractivity contribution in [2.24, 2.45) is 10.9 Å². The third-order valence-electron chi connectivity index (χ3n) is 4.76. The van der Waals surface area contributed by atoms with E-state index in [0.29, 0.717) is 17.9 Å². The summed E-state index contributed by atoms with van der Waals surface area (Å²) in [5.41, 5.74) is 1.77. The number of benzene rings is 3. The molecule has 0 unspecified atom stereocenters. The van der Waals surface area contributed by atoms with E-state index in [1.165, 1.54) is 6.21 Å². The fourth-order valence-corrected chi connectivity index (χ4v) is 3.28. The molecule has 0 aromatic heterocycles. The molecular formula is C24H19N3O3. The lowest BCUT2D eigenvalue weighted by Gasteiger charge is -2.35. The SMILES string of the molecule is O=C1C(C=NCc2ccccc2)C(=O)N(c2ccccc2)C(=O)N1c1ccccc1. The second-order valence-corrected chi connectivity index (χ2v) is 6.75. The van der Waals surface area contributed by atoms with Crippen LogP contribution < -0.4 is 9.80 Å². The van der Waals surface area contributed by atoms with Gasteiger partial charge in [0.15, 0.2) is 5.92 Å². The summed E-state index contributed by atoms with van der Waals surface area (Å²) in [6.45, 7) is 0.336. The van der Waals surface area contributed by atoms with Gasteiger partial charge in [0, 0.05) is 6.21 Å². The Hall–Kier alpha value is -4.06. The molecule has 1 saturated heterocycles. The van der Waals surface area contributed by atoms with Gasteiger partial charge in [-0.1, -0.05) is 66.7 Å². The van der Waals surface area contributed by atoms with Crippen molar-refractivity contribution in [2.75, 3.05) is 9.80 Å². The highest BCUT2D eigenvalue weighted by Crippen LogP contribution is 2.28. The average Bonchev–Trinajstić information content (AvgIpc) is 2.78. The molecule has 0 bridgehead atoms. The van der Waals surface area contributed by atoms with E-state index in [1.807, 2.05) is 30.3 Å². The number of amides is 4. The zero-order valence-corrected chi connectivity index (χ0v) is 16.1. The Labute approximate surface area is 174 Å². The first kappa shape index (κ1) is 19.3. The Morgan fingerprint density at radius 1 is 0.667 bits per heavy atom. The van der Waals surface area contributed by atoms with Crippen LogP contribution in [-0.2, 0) is 16.1 Å². The van der Waals surface area contributed by atoms with Gasteiger partial charge in [-0.05, 0) is 29.8 Å². The molecule has 6 heteroatoms. The van der Waals surface area contributed by atoms with Crippen molar-refractivity contribution in [1.29, 1.82) is 0 Å². The highest BCUT2D eigenvalue weighted by atomic mass is 16.2. The molecule has 0 spiro atoms. The summed E-state index contributed by atoms with van der Waals surface area (Å²) in [6.07, 6.45) is 1.34. The number of anilines is 2. The standard InChI is InChI=1S/C24H19N3O3/c28-22-21(17-25-16-18-10-4-1-5-11-18)23(29)27(20-14-8-3-9-15-20)24(30)26(22)19-12-6-2-7-13-19/h1-15,17,21H,16H2. The number of hydrogen-bond donors (Lipinski definition) is 0. The average molecular weight is 397 g/mol. The van der Waals surface area contributed by atoms with E-state index in [9.17, 15) is 14.4 Å². The number of imide groups is 2. The third-order valence-corrected chi connectivity index (χ3v) is 4.76. The minimum Gasteiger partial charge on any atom is -0.291 e. The third kappa shape index (κ3) is 3.75. The molecule has 6 nitrogen and oxygen atoms in total. The highest BCUT2D eigenvalue weighted by Gasteiger charge is 2.46. The summed E-state index contributed by atoms with van der Waals surface area (Å²) in [7, 11) is 0. The van der Waals surface area contributed by atoms with Crippen LogP contribution in [0.25, 0.3) is 0 Å². The summed E-state index contributed by atoms with van der Waals surface area (Å²) in [6, 6.07) is 26.0. The first-order chi connectivity index (χ1) is 14.7. The molecule has 3 aromatic carbocycles. The topological polar surface area (TPSA) is 70.0 Å². The number of para-hydroxylation sites is 2. The van der Waals surface area contributed by atoms with Crippen LogP contribution in [0.3, 0.4) is 0 Å². The minimum absolute atomic E-state index is 0.336. The van der Waals surface area contributed by atoms with E-state index in [1.54, 1.807) is 60.7 Å². The van der Waals surface area contributed by atoms with Gasteiger partial charge < -0.3 is 0 Å². The van der Waals surface area contributed by atoms with Gasteiger partial charge in [0.25, 0.3) is 11.8 Å². The summed E-state index contributed by atoms with van der Waals surface area (Å²) >= 11 is 0. The summed E-state index contributed by atoms with van der Waals surface area (Å²) in [5, 5.41) is 0. The van der Waals surface area contributed by atoms with E-state index in [-0.39, 0.29) is 0 Å². The summed E-state index contributed by atoms with van der Waals surface area (Å²) < 4.78 is 0. The molecule has 0 N–H and O–H groups in total. The van der Waals surface area contributed by atoms with Gasteiger partial charge in [0.2, 0.25) is 0 Å². The maximum Gasteiger partial charge on any atom is 0.342 e. The van der Waals surface area contributed by atoms with Crippen LogP contribution in [0.5, 0.6) is 0 Å². The molecular weight excluding hydrogens is 378 g/mol. The smallest absolute Gasteiger partial charge is 0.291 e. The second kappa shape index (κ2) is 8.53. The number of carbonyl (C=O) groups excluding carboxylic acids is 3. The van der Waals surface area contributed by atoms with E-state index in [0.717, 1.165) is 15.4 Å². The molecule has 1 aliphatic heterocycles. The Bertz CT molecular complexity index is 1020. The molecule has 1 heterocycles. The Kier molecular flexibility index (Phi) is 5.48. The van der Waals surface area contributed by atoms with Crippen LogP contribution in [0.1, 0.15) is 5.56 Å². The van der Waals surface area contributed by atoms with Gasteiger partial charge >= 0.3 is 6.03 Å². The molecule has 3 aromatic rings. The van der Waals surface area contributed by atoms with E-state index < -0.39 is 23.8 Å². The van der Waals surface area contributed by atoms with Crippen molar-refractivity contribution in [2.45, 2.75) is 6.54 Å². The highest BCUT2D eigenvalue weighted by molar-refractivity contribution is 6.40. The second-order valence-electron chi connectivity index (χ2n) is 6.75. The van der Waals surface area contributed by atoms with Gasteiger partial charge in [0.1, 0.15) is 0 Å². The largest absolute Gasteiger partial charge is 0.342 e. The maximum absolute atomic E-state index is 13.2. The van der Waals surface area contributed by atoms with Gasteiger partial charge in [-0.3, -0.25) is 14.6 Å². The van der Waals surface area contributed by atoms with E-state index in [2.05, 4.69) is 4.99 Å². The number of rotatable bonds is 5. The molecule has 148 valence electrons. The lowest BCUT2D eigenvalue weighted by atomic mass is 10.0. The van der Waals surface area contributed by atoms with Gasteiger partial charge in [-0.2, -0.15) is 0 Å². The first-order valence-corrected chi connectivity index (χ1v) is 9.52. The Morgan fingerprint density at radius 2 is 1.10 bits per heavy atom. The van der Waals surface area contributed by atoms with E-state index in [4.69, 9.17) is 0 Å². The fraction of sp³-hybridized carbons (Fsp3) is 0.0833. The molecule has 0 atom stereocenters. The van der Waals surface area contributed by atoms with Gasteiger partial charge in [-0.25, -0.2) is 14.6 Å². The number of barbiturate groups is 1. The number of nitrogens with zero attached hydrogens (tertiary/aromatic N) is 3. The van der Waals surface area contributed by atoms with Crippen LogP contribution in [-0.4, -0.2) is 24.1 Å². The normalized spacial score (nSPS) is 15.3. The summed E-state index contributed by atoms with van der Waals surface area (Å²) in [4.78, 5) is 45.8. The number of aliphatic imine (C=N–C) groups is 1. The molecule has 1 fully saturated rings. The van der Waals surface area contributed by atoms with Crippen LogP contribution in [0.2, 0.25) is 0 Å². The van der Waals surface area contributed by atoms with Crippen molar-refractivity contribution in [3.63, 3.8) is 0 Å². The van der Waals surface area contributed by atoms with Crippen LogP contribution in [0.15, 0.2) is 96.0 Å². The molecule has 0 saturated carbocycles. The molecule has 0 radical (unpaired) electrons. The van der Waals surface area contributed by atoms with Crippen molar-refractivity contribution in [3.05, 3.63) is 96.6 Å². The predicted molar refractivity (Wildman–Crippen MR) is 115 cm³/mol. The lowest BCUT2D eigenvalue weighted by Crippen LogP contribution is -2.61. The number of carbonyl (C=O) groups is 3. The van der Waals surface area contributed by atoms with Crippen molar-refractivity contribution in [3.8, 4) is 0 Å².